The van der Waals surface area contributed by atoms with Crippen LogP contribution in [-0.4, -0.2) is 19.6 Å². The lowest BCUT2D eigenvalue weighted by molar-refractivity contribution is -0.120. The molecule has 0 spiro atoms. The van der Waals surface area contributed by atoms with Gasteiger partial charge in [-0.3, -0.25) is 10.5 Å². The van der Waals surface area contributed by atoms with Crippen molar-refractivity contribution in [2.75, 3.05) is 13.7 Å². The summed E-state index contributed by atoms with van der Waals surface area (Å²) < 4.78 is 9.91. The van der Waals surface area contributed by atoms with Crippen molar-refractivity contribution in [1.29, 1.82) is 0 Å². The predicted molar refractivity (Wildman–Crippen MR) is 46.6 cm³/mol. The molecule has 1 aromatic carbocycles. The van der Waals surface area contributed by atoms with Crippen LogP contribution in [-0.2, 0) is 4.79 Å². The summed E-state index contributed by atoms with van der Waals surface area (Å²) in [5.41, 5.74) is 6.62. The van der Waals surface area contributed by atoms with Gasteiger partial charge in [0, 0.05) is 0 Å². The molecule has 0 heterocycles. The number of rotatable bonds is 4. The molecule has 0 saturated heterocycles. The molecule has 0 aliphatic rings. The van der Waals surface area contributed by atoms with E-state index in [4.69, 9.17) is 15.2 Å². The molecule has 1 amide bonds. The Bertz CT molecular complexity index is 281. The summed E-state index contributed by atoms with van der Waals surface area (Å²) in [4.78, 5) is 10.3. The van der Waals surface area contributed by atoms with E-state index in [1.807, 2.05) is 0 Å². The zero-order chi connectivity index (χ0) is 9.68. The largest absolute Gasteiger partial charge is 0.497 e. The Balaban J connectivity index is 2.54. The smallest absolute Gasteiger partial charge is 0.276 e. The first-order valence-electron chi connectivity index (χ1n) is 3.73. The van der Waals surface area contributed by atoms with Gasteiger partial charge >= 0.3 is 0 Å². The first-order valence-corrected chi connectivity index (χ1v) is 3.73. The van der Waals surface area contributed by atoms with Crippen LogP contribution in [0.4, 0.5) is 0 Å². The van der Waals surface area contributed by atoms with Crippen LogP contribution >= 0.6 is 0 Å². The predicted octanol–water partition coefficient (Wildman–Crippen LogP) is 0.883. The van der Waals surface area contributed by atoms with Gasteiger partial charge in [-0.15, -0.1) is 0 Å². The van der Waals surface area contributed by atoms with Crippen LogP contribution in [0.15, 0.2) is 24.3 Å². The summed E-state index contributed by atoms with van der Waals surface area (Å²) in [6.45, 7) is -0.216. The number of hydrogen-bond donors (Lipinski definition) is 0. The third-order valence-corrected chi connectivity index (χ3v) is 1.43. The third kappa shape index (κ3) is 3.02. The van der Waals surface area contributed by atoms with Crippen molar-refractivity contribution in [3.8, 4) is 11.5 Å². The third-order valence-electron chi connectivity index (χ3n) is 1.43. The topological polar surface area (TPSA) is 59.3 Å². The quantitative estimate of drug-likeness (QED) is 0.691. The lowest BCUT2D eigenvalue weighted by Gasteiger charge is -2.03. The van der Waals surface area contributed by atoms with Crippen LogP contribution in [0.3, 0.4) is 0 Å². The lowest BCUT2D eigenvalue weighted by Crippen LogP contribution is -2.11. The fraction of sp³-hybridized carbons (Fsp3) is 0.222. The number of amides is 1. The molecular weight excluding hydrogens is 170 g/mol. The van der Waals surface area contributed by atoms with Crippen molar-refractivity contribution >= 4 is 5.91 Å². The van der Waals surface area contributed by atoms with E-state index in [0.717, 1.165) is 5.75 Å². The van der Waals surface area contributed by atoms with E-state index in [1.165, 1.54) is 0 Å². The SMILES string of the molecule is COc1ccc(OCC([NH])=O)cc1. The number of carbonyl (C=O) groups is 1. The number of benzene rings is 1. The van der Waals surface area contributed by atoms with Crippen LogP contribution in [0.5, 0.6) is 11.5 Å². The standard InChI is InChI=1S/C9H10NO3/c1-12-7-2-4-8(5-3-7)13-6-9(10)11/h2-5,10H,6H2,1H3. The Morgan fingerprint density at radius 2 is 1.85 bits per heavy atom. The van der Waals surface area contributed by atoms with E-state index >= 15 is 0 Å². The van der Waals surface area contributed by atoms with Gasteiger partial charge in [0.25, 0.3) is 5.91 Å². The highest BCUT2D eigenvalue weighted by molar-refractivity contribution is 5.74. The average molecular weight is 180 g/mol. The average Bonchev–Trinajstić information content (AvgIpc) is 2.15. The van der Waals surface area contributed by atoms with Gasteiger partial charge in [-0.25, -0.2) is 0 Å². The summed E-state index contributed by atoms with van der Waals surface area (Å²) >= 11 is 0. The molecule has 0 unspecified atom stereocenters. The Morgan fingerprint density at radius 1 is 1.31 bits per heavy atom. The summed E-state index contributed by atoms with van der Waals surface area (Å²) in [6, 6.07) is 6.82. The fourth-order valence-corrected chi connectivity index (χ4v) is 0.821. The van der Waals surface area contributed by atoms with E-state index in [0.29, 0.717) is 5.75 Å². The van der Waals surface area contributed by atoms with Gasteiger partial charge in [-0.05, 0) is 24.3 Å². The Morgan fingerprint density at radius 3 is 2.31 bits per heavy atom. The monoisotopic (exact) mass is 180 g/mol. The number of carbonyl (C=O) groups excluding carboxylic acids is 1. The number of hydrogen-bond acceptors (Lipinski definition) is 3. The molecule has 13 heavy (non-hydrogen) atoms. The highest BCUT2D eigenvalue weighted by Crippen LogP contribution is 2.16. The van der Waals surface area contributed by atoms with Gasteiger partial charge in [0.15, 0.2) is 6.61 Å². The summed E-state index contributed by atoms with van der Waals surface area (Å²) in [5.74, 6) is 0.543. The van der Waals surface area contributed by atoms with Crippen molar-refractivity contribution in [1.82, 2.24) is 5.73 Å². The minimum Gasteiger partial charge on any atom is -0.497 e. The second-order valence-electron chi connectivity index (χ2n) is 2.39. The molecular formula is C9H10NO3. The van der Waals surface area contributed by atoms with Crippen LogP contribution < -0.4 is 15.2 Å². The second-order valence-corrected chi connectivity index (χ2v) is 2.39. The van der Waals surface area contributed by atoms with E-state index < -0.39 is 5.91 Å². The maximum atomic E-state index is 10.3. The van der Waals surface area contributed by atoms with Gasteiger partial charge in [-0.2, -0.15) is 0 Å². The van der Waals surface area contributed by atoms with Crippen LogP contribution in [0.2, 0.25) is 0 Å². The van der Waals surface area contributed by atoms with Gasteiger partial charge in [0.1, 0.15) is 11.5 Å². The van der Waals surface area contributed by atoms with Crippen LogP contribution in [0.1, 0.15) is 0 Å². The lowest BCUT2D eigenvalue weighted by atomic mass is 10.3. The molecule has 1 aromatic rings. The normalized spacial score (nSPS) is 9.31. The summed E-state index contributed by atoms with van der Waals surface area (Å²) in [6.07, 6.45) is 0. The van der Waals surface area contributed by atoms with Crippen molar-refractivity contribution in [2.45, 2.75) is 0 Å². The highest BCUT2D eigenvalue weighted by Gasteiger charge is 1.97. The summed E-state index contributed by atoms with van der Waals surface area (Å²) in [7, 11) is 1.57. The van der Waals surface area contributed by atoms with Crippen molar-refractivity contribution < 1.29 is 14.3 Å². The molecule has 1 radical (unpaired) electrons. The minimum atomic E-state index is -0.740. The van der Waals surface area contributed by atoms with E-state index in [9.17, 15) is 4.79 Å². The van der Waals surface area contributed by atoms with Crippen molar-refractivity contribution in [3.63, 3.8) is 0 Å². The first kappa shape index (κ1) is 9.38. The van der Waals surface area contributed by atoms with Crippen molar-refractivity contribution in [3.05, 3.63) is 24.3 Å². The van der Waals surface area contributed by atoms with Crippen LogP contribution in [0, 0.1) is 0 Å². The Hall–Kier alpha value is -1.71. The highest BCUT2D eigenvalue weighted by atomic mass is 16.5. The molecule has 0 aliphatic heterocycles. The van der Waals surface area contributed by atoms with E-state index in [1.54, 1.807) is 31.4 Å². The molecule has 0 bridgehead atoms. The molecule has 0 saturated carbocycles. The zero-order valence-corrected chi connectivity index (χ0v) is 7.24. The Labute approximate surface area is 76.3 Å². The van der Waals surface area contributed by atoms with Crippen LogP contribution in [0.25, 0.3) is 0 Å². The molecule has 4 nitrogen and oxygen atoms in total. The van der Waals surface area contributed by atoms with Gasteiger partial charge in [-0.1, -0.05) is 0 Å². The minimum absolute atomic E-state index is 0.216. The molecule has 69 valence electrons. The Kier molecular flexibility index (Phi) is 3.14. The summed E-state index contributed by atoms with van der Waals surface area (Å²) in [5, 5.41) is 0. The van der Waals surface area contributed by atoms with Crippen molar-refractivity contribution in [2.24, 2.45) is 0 Å². The van der Waals surface area contributed by atoms with E-state index in [2.05, 4.69) is 0 Å². The molecule has 1 rings (SSSR count). The number of ether oxygens (including phenoxy) is 2. The molecule has 4 heteroatoms. The number of nitrogens with one attached hydrogen (secondary N) is 1. The molecule has 0 atom stereocenters. The zero-order valence-electron chi connectivity index (χ0n) is 7.24. The fourth-order valence-electron chi connectivity index (χ4n) is 0.821. The molecule has 1 N–H and O–H groups in total. The first-order chi connectivity index (χ1) is 6.22. The maximum absolute atomic E-state index is 10.3. The molecule has 0 aliphatic carbocycles. The van der Waals surface area contributed by atoms with Gasteiger partial charge in [0.05, 0.1) is 7.11 Å². The van der Waals surface area contributed by atoms with Gasteiger partial charge in [0.2, 0.25) is 0 Å². The maximum Gasteiger partial charge on any atom is 0.276 e. The van der Waals surface area contributed by atoms with Gasteiger partial charge < -0.3 is 9.47 Å². The second kappa shape index (κ2) is 4.35. The van der Waals surface area contributed by atoms with E-state index in [-0.39, 0.29) is 6.61 Å². The molecule has 0 fully saturated rings. The molecule has 0 aromatic heterocycles. The number of methoxy groups -OCH3 is 1.